The Labute approximate surface area is 72.6 Å². The van der Waals surface area contributed by atoms with Gasteiger partial charge in [0.2, 0.25) is 0 Å². The van der Waals surface area contributed by atoms with Gasteiger partial charge in [-0.1, -0.05) is 19.1 Å². The molecule has 0 saturated carbocycles. The van der Waals surface area contributed by atoms with Crippen LogP contribution in [-0.4, -0.2) is 10.9 Å². The average molecular weight is 166 g/mol. The number of aliphatic hydroxyl groups is 1. The van der Waals surface area contributed by atoms with Crippen LogP contribution >= 0.6 is 0 Å². The van der Waals surface area contributed by atoms with E-state index in [1.807, 2.05) is 19.1 Å². The van der Waals surface area contributed by atoms with Gasteiger partial charge >= 0.3 is 0 Å². The quantitative estimate of drug-likeness (QED) is 0.654. The van der Waals surface area contributed by atoms with E-state index >= 15 is 0 Å². The van der Waals surface area contributed by atoms with Crippen LogP contribution in [0.15, 0.2) is 23.5 Å². The van der Waals surface area contributed by atoms with Crippen molar-refractivity contribution in [3.05, 3.63) is 23.5 Å². The first-order valence-corrected chi connectivity index (χ1v) is 4.35. The van der Waals surface area contributed by atoms with Gasteiger partial charge in [0.25, 0.3) is 0 Å². The molecule has 0 fully saturated rings. The van der Waals surface area contributed by atoms with E-state index in [0.29, 0.717) is 30.6 Å². The second-order valence-electron chi connectivity index (χ2n) is 2.93. The summed E-state index contributed by atoms with van der Waals surface area (Å²) < 4.78 is 0. The number of Topliss-reactive ketones (excluding diaryl/α,β-unsaturated/α-hetero) is 1. The first-order chi connectivity index (χ1) is 5.75. The number of carbonyl (C=O) groups is 1. The maximum Gasteiger partial charge on any atom is 0.162 e. The van der Waals surface area contributed by atoms with Gasteiger partial charge in [0.15, 0.2) is 5.78 Å². The highest BCUT2D eigenvalue weighted by atomic mass is 16.3. The van der Waals surface area contributed by atoms with Crippen LogP contribution in [0.4, 0.5) is 0 Å². The molecule has 0 aliphatic heterocycles. The minimum atomic E-state index is 0.105. The second-order valence-corrected chi connectivity index (χ2v) is 2.93. The molecule has 1 aliphatic carbocycles. The van der Waals surface area contributed by atoms with Crippen molar-refractivity contribution in [3.8, 4) is 0 Å². The van der Waals surface area contributed by atoms with Gasteiger partial charge in [0.05, 0.1) is 5.76 Å². The predicted octanol–water partition coefficient (Wildman–Crippen LogP) is 2.52. The number of rotatable bonds is 3. The minimum absolute atomic E-state index is 0.105. The van der Waals surface area contributed by atoms with Crippen molar-refractivity contribution < 1.29 is 9.90 Å². The average Bonchev–Trinajstić information content (AvgIpc) is 2.35. The molecule has 1 rings (SSSR count). The molecule has 1 aliphatic rings. The van der Waals surface area contributed by atoms with Crippen molar-refractivity contribution >= 4 is 5.78 Å². The maximum absolute atomic E-state index is 11.1. The monoisotopic (exact) mass is 166 g/mol. The number of hydrogen-bond donors (Lipinski definition) is 1. The number of aliphatic hydroxyl groups excluding tert-OH is 1. The Morgan fingerprint density at radius 3 is 2.67 bits per heavy atom. The first-order valence-electron chi connectivity index (χ1n) is 4.35. The van der Waals surface area contributed by atoms with Crippen molar-refractivity contribution in [2.45, 2.75) is 32.6 Å². The molecule has 0 heterocycles. The molecule has 0 aromatic rings. The highest BCUT2D eigenvalue weighted by Gasteiger charge is 2.20. The summed E-state index contributed by atoms with van der Waals surface area (Å²) in [6, 6.07) is 0. The van der Waals surface area contributed by atoms with E-state index in [9.17, 15) is 9.90 Å². The summed E-state index contributed by atoms with van der Waals surface area (Å²) in [7, 11) is 0. The van der Waals surface area contributed by atoms with E-state index in [2.05, 4.69) is 0 Å². The lowest BCUT2D eigenvalue weighted by Gasteiger charge is -1.95. The van der Waals surface area contributed by atoms with Gasteiger partial charge in [-0.25, -0.2) is 0 Å². The molecule has 0 spiro atoms. The Hall–Kier alpha value is -1.05. The maximum atomic E-state index is 11.1. The fraction of sp³-hybridized carbons (Fsp3) is 0.500. The molecule has 0 radical (unpaired) electrons. The molecule has 0 saturated heterocycles. The molecular formula is C10H14O2. The van der Waals surface area contributed by atoms with Gasteiger partial charge in [-0.2, -0.15) is 0 Å². The van der Waals surface area contributed by atoms with Crippen LogP contribution in [-0.2, 0) is 4.79 Å². The van der Waals surface area contributed by atoms with Crippen LogP contribution in [0.2, 0.25) is 0 Å². The van der Waals surface area contributed by atoms with E-state index in [1.54, 1.807) is 0 Å². The third-order valence-corrected chi connectivity index (χ3v) is 2.00. The van der Waals surface area contributed by atoms with Gasteiger partial charge in [-0.3, -0.25) is 4.79 Å². The Kier molecular flexibility index (Phi) is 3.09. The Bertz CT molecular complexity index is 236. The summed E-state index contributed by atoms with van der Waals surface area (Å²) in [4.78, 5) is 11.1. The lowest BCUT2D eigenvalue weighted by atomic mass is 10.1. The number of hydrogen-bond acceptors (Lipinski definition) is 2. The zero-order valence-electron chi connectivity index (χ0n) is 7.34. The van der Waals surface area contributed by atoms with Gasteiger partial charge in [0, 0.05) is 18.4 Å². The highest BCUT2D eigenvalue weighted by molar-refractivity contribution is 5.98. The molecule has 0 unspecified atom stereocenters. The van der Waals surface area contributed by atoms with E-state index in [-0.39, 0.29) is 5.78 Å². The fourth-order valence-corrected chi connectivity index (χ4v) is 1.29. The molecule has 0 bridgehead atoms. The van der Waals surface area contributed by atoms with Gasteiger partial charge in [-0.15, -0.1) is 0 Å². The van der Waals surface area contributed by atoms with Gasteiger partial charge in [0.1, 0.15) is 0 Å². The summed E-state index contributed by atoms with van der Waals surface area (Å²) in [5, 5.41) is 9.28. The van der Waals surface area contributed by atoms with Crippen molar-refractivity contribution in [1.82, 2.24) is 0 Å². The van der Waals surface area contributed by atoms with Crippen molar-refractivity contribution in [3.63, 3.8) is 0 Å². The lowest BCUT2D eigenvalue weighted by molar-refractivity contribution is -0.114. The molecule has 0 aromatic carbocycles. The van der Waals surface area contributed by atoms with Crippen LogP contribution < -0.4 is 0 Å². The molecule has 2 nitrogen and oxygen atoms in total. The summed E-state index contributed by atoms with van der Waals surface area (Å²) in [6.07, 6.45) is 6.54. The molecule has 0 atom stereocenters. The smallest absolute Gasteiger partial charge is 0.162 e. The van der Waals surface area contributed by atoms with E-state index in [4.69, 9.17) is 0 Å². The van der Waals surface area contributed by atoms with Crippen LogP contribution in [0, 0.1) is 0 Å². The number of ketones is 1. The Morgan fingerprint density at radius 1 is 1.42 bits per heavy atom. The number of allylic oxidation sites excluding steroid dienone is 4. The van der Waals surface area contributed by atoms with Crippen molar-refractivity contribution in [1.29, 1.82) is 0 Å². The number of carbonyl (C=O) groups excluding carboxylic acids is 1. The topological polar surface area (TPSA) is 37.3 Å². The SMILES string of the molecule is CC/C=C/CC1=C(O)CCC1=O. The van der Waals surface area contributed by atoms with Crippen LogP contribution in [0.25, 0.3) is 0 Å². The summed E-state index contributed by atoms with van der Waals surface area (Å²) in [5.74, 6) is 0.397. The zero-order valence-corrected chi connectivity index (χ0v) is 7.34. The van der Waals surface area contributed by atoms with Crippen LogP contribution in [0.1, 0.15) is 32.6 Å². The molecule has 2 heteroatoms. The van der Waals surface area contributed by atoms with Crippen LogP contribution in [0.3, 0.4) is 0 Å². The second kappa shape index (κ2) is 4.10. The van der Waals surface area contributed by atoms with E-state index in [1.165, 1.54) is 0 Å². The third kappa shape index (κ3) is 1.97. The molecule has 66 valence electrons. The molecule has 1 N–H and O–H groups in total. The van der Waals surface area contributed by atoms with Crippen molar-refractivity contribution in [2.24, 2.45) is 0 Å². The predicted molar refractivity (Wildman–Crippen MR) is 47.9 cm³/mol. The Balaban J connectivity index is 2.55. The minimum Gasteiger partial charge on any atom is -0.512 e. The highest BCUT2D eigenvalue weighted by Crippen LogP contribution is 2.23. The molecule has 12 heavy (non-hydrogen) atoms. The zero-order chi connectivity index (χ0) is 8.97. The fourth-order valence-electron chi connectivity index (χ4n) is 1.29. The largest absolute Gasteiger partial charge is 0.512 e. The van der Waals surface area contributed by atoms with E-state index < -0.39 is 0 Å². The lowest BCUT2D eigenvalue weighted by Crippen LogP contribution is -1.94. The summed E-state index contributed by atoms with van der Waals surface area (Å²) >= 11 is 0. The molecular weight excluding hydrogens is 152 g/mol. The van der Waals surface area contributed by atoms with E-state index in [0.717, 1.165) is 6.42 Å². The Morgan fingerprint density at radius 2 is 2.17 bits per heavy atom. The molecule has 0 aromatic heterocycles. The summed E-state index contributed by atoms with van der Waals surface area (Å²) in [5.41, 5.74) is 0.611. The normalized spacial score (nSPS) is 18.2. The third-order valence-electron chi connectivity index (χ3n) is 2.00. The van der Waals surface area contributed by atoms with Gasteiger partial charge in [-0.05, 0) is 12.8 Å². The van der Waals surface area contributed by atoms with Gasteiger partial charge < -0.3 is 5.11 Å². The standard InChI is InChI=1S/C10H14O2/c1-2-3-4-5-8-9(11)6-7-10(8)12/h3-4,11H,2,5-7H2,1H3/b4-3+. The molecule has 0 amide bonds. The van der Waals surface area contributed by atoms with Crippen molar-refractivity contribution in [2.75, 3.05) is 0 Å². The van der Waals surface area contributed by atoms with Crippen LogP contribution in [0.5, 0.6) is 0 Å². The summed E-state index contributed by atoms with van der Waals surface area (Å²) in [6.45, 7) is 2.04. The first kappa shape index (κ1) is 9.04.